The summed E-state index contributed by atoms with van der Waals surface area (Å²) in [5.41, 5.74) is 0. The van der Waals surface area contributed by atoms with Gasteiger partial charge in [-0.25, -0.2) is 0 Å². The van der Waals surface area contributed by atoms with E-state index in [0.29, 0.717) is 12.5 Å². The van der Waals surface area contributed by atoms with Gasteiger partial charge in [-0.3, -0.25) is 9.79 Å². The van der Waals surface area contributed by atoms with Gasteiger partial charge in [-0.05, 0) is 32.1 Å². The first-order valence-electron chi connectivity index (χ1n) is 10.9. The average Bonchev–Trinajstić information content (AvgIpc) is 3.44. The topological polar surface area (TPSA) is 87.4 Å². The Balaban J connectivity index is 1.27. The van der Waals surface area contributed by atoms with Gasteiger partial charge in [0.15, 0.2) is 11.8 Å². The molecule has 3 aliphatic rings. The van der Waals surface area contributed by atoms with E-state index in [9.17, 15) is 4.79 Å². The molecule has 3 heterocycles. The Morgan fingerprint density at radius 1 is 1.11 bits per heavy atom. The smallest absolute Gasteiger partial charge is 0.225 e. The van der Waals surface area contributed by atoms with Gasteiger partial charge in [-0.2, -0.15) is 0 Å². The third-order valence-corrected chi connectivity index (χ3v) is 6.37. The van der Waals surface area contributed by atoms with Gasteiger partial charge >= 0.3 is 0 Å². The molecule has 2 N–H and O–H groups in total. The van der Waals surface area contributed by atoms with E-state index in [1.165, 1.54) is 32.1 Å². The molecular formula is C20H33N7O. The van der Waals surface area contributed by atoms with Crippen LogP contribution in [0.2, 0.25) is 0 Å². The second-order valence-electron chi connectivity index (χ2n) is 8.32. The lowest BCUT2D eigenvalue weighted by atomic mass is 10.1. The summed E-state index contributed by atoms with van der Waals surface area (Å²) >= 11 is 0. The fourth-order valence-electron chi connectivity index (χ4n) is 4.74. The number of hydrogen-bond acceptors (Lipinski definition) is 4. The maximum absolute atomic E-state index is 12.6. The molecule has 1 aliphatic carbocycles. The van der Waals surface area contributed by atoms with Crippen LogP contribution in [0.4, 0.5) is 0 Å². The summed E-state index contributed by atoms with van der Waals surface area (Å²) < 4.78 is 2.25. The molecule has 8 heteroatoms. The molecule has 1 aromatic rings. The second kappa shape index (κ2) is 8.92. The number of fused-ring (bicyclic) bond motifs is 1. The number of aliphatic imine (C=N–C) groups is 1. The number of amides is 1. The van der Waals surface area contributed by atoms with Gasteiger partial charge in [0.1, 0.15) is 5.82 Å². The standard InChI is InChI=1S/C20H33N7O/c1-21-20(22-13-18-25-24-17-9-3-2-6-11-27(17)18)23-16-10-12-26(14-16)19(28)15-7-4-5-8-15/h15-16H,2-14H2,1H3,(H2,21,22,23). The molecule has 1 saturated heterocycles. The summed E-state index contributed by atoms with van der Waals surface area (Å²) in [4.78, 5) is 19.0. The minimum atomic E-state index is 0.257. The molecule has 0 aromatic carbocycles. The van der Waals surface area contributed by atoms with E-state index in [1.807, 2.05) is 4.90 Å². The van der Waals surface area contributed by atoms with Crippen molar-refractivity contribution in [2.45, 2.75) is 76.9 Å². The van der Waals surface area contributed by atoms with Crippen molar-refractivity contribution in [3.8, 4) is 0 Å². The molecule has 1 amide bonds. The molecule has 2 fully saturated rings. The van der Waals surface area contributed by atoms with Crippen molar-refractivity contribution >= 4 is 11.9 Å². The maximum atomic E-state index is 12.6. The molecule has 0 radical (unpaired) electrons. The van der Waals surface area contributed by atoms with E-state index >= 15 is 0 Å². The van der Waals surface area contributed by atoms with Gasteiger partial charge in [0.05, 0.1) is 6.54 Å². The molecule has 0 bridgehead atoms. The minimum Gasteiger partial charge on any atom is -0.352 e. The summed E-state index contributed by atoms with van der Waals surface area (Å²) in [5, 5.41) is 15.6. The van der Waals surface area contributed by atoms with Crippen molar-refractivity contribution in [2.24, 2.45) is 10.9 Å². The molecule has 1 unspecified atom stereocenters. The molecule has 8 nitrogen and oxygen atoms in total. The van der Waals surface area contributed by atoms with Crippen LogP contribution < -0.4 is 10.6 Å². The van der Waals surface area contributed by atoms with Gasteiger partial charge in [-0.1, -0.05) is 19.3 Å². The fourth-order valence-corrected chi connectivity index (χ4v) is 4.74. The molecule has 154 valence electrons. The lowest BCUT2D eigenvalue weighted by molar-refractivity contribution is -0.134. The van der Waals surface area contributed by atoms with Gasteiger partial charge < -0.3 is 20.1 Å². The zero-order valence-corrected chi connectivity index (χ0v) is 17.0. The third kappa shape index (κ3) is 4.31. The van der Waals surface area contributed by atoms with Crippen LogP contribution in [-0.2, 0) is 24.3 Å². The van der Waals surface area contributed by atoms with E-state index in [-0.39, 0.29) is 12.0 Å². The van der Waals surface area contributed by atoms with Gasteiger partial charge in [0, 0.05) is 45.1 Å². The van der Waals surface area contributed by atoms with Gasteiger partial charge in [0.25, 0.3) is 0 Å². The molecular weight excluding hydrogens is 354 g/mol. The Morgan fingerprint density at radius 3 is 2.79 bits per heavy atom. The highest BCUT2D eigenvalue weighted by Crippen LogP contribution is 2.27. The van der Waals surface area contributed by atoms with Crippen molar-refractivity contribution in [2.75, 3.05) is 20.1 Å². The maximum Gasteiger partial charge on any atom is 0.225 e. The van der Waals surface area contributed by atoms with E-state index in [0.717, 1.165) is 62.9 Å². The molecule has 0 spiro atoms. The summed E-state index contributed by atoms with van der Waals surface area (Å²) in [6, 6.07) is 0.257. The van der Waals surface area contributed by atoms with Crippen molar-refractivity contribution in [3.05, 3.63) is 11.6 Å². The van der Waals surface area contributed by atoms with Crippen molar-refractivity contribution < 1.29 is 4.79 Å². The Morgan fingerprint density at radius 2 is 1.96 bits per heavy atom. The van der Waals surface area contributed by atoms with E-state index in [2.05, 4.69) is 30.4 Å². The molecule has 4 rings (SSSR count). The normalized spacial score (nSPS) is 23.5. The SMILES string of the molecule is CN=C(NCc1nnc2n1CCCCC2)NC1CCN(C(=O)C2CCCC2)C1. The number of carbonyl (C=O) groups excluding carboxylic acids is 1. The molecule has 1 atom stereocenters. The predicted octanol–water partition coefficient (Wildman–Crippen LogP) is 1.46. The van der Waals surface area contributed by atoms with Crippen LogP contribution in [0.15, 0.2) is 4.99 Å². The highest BCUT2D eigenvalue weighted by molar-refractivity contribution is 5.81. The first kappa shape index (κ1) is 19.2. The first-order chi connectivity index (χ1) is 13.7. The van der Waals surface area contributed by atoms with Crippen LogP contribution in [-0.4, -0.2) is 57.7 Å². The largest absolute Gasteiger partial charge is 0.352 e. The van der Waals surface area contributed by atoms with Crippen LogP contribution in [0.25, 0.3) is 0 Å². The monoisotopic (exact) mass is 387 g/mol. The summed E-state index contributed by atoms with van der Waals surface area (Å²) in [5.74, 6) is 3.47. The molecule has 1 aromatic heterocycles. The lowest BCUT2D eigenvalue weighted by Crippen LogP contribution is -2.45. The Labute approximate surface area is 167 Å². The van der Waals surface area contributed by atoms with Crippen LogP contribution in [0, 0.1) is 5.92 Å². The lowest BCUT2D eigenvalue weighted by Gasteiger charge is -2.21. The molecule has 1 saturated carbocycles. The third-order valence-electron chi connectivity index (χ3n) is 6.37. The Bertz CT molecular complexity index is 707. The Hall–Kier alpha value is -2.12. The number of carbonyl (C=O) groups is 1. The van der Waals surface area contributed by atoms with E-state index in [4.69, 9.17) is 0 Å². The number of rotatable bonds is 4. The first-order valence-corrected chi connectivity index (χ1v) is 10.9. The van der Waals surface area contributed by atoms with Crippen LogP contribution in [0.3, 0.4) is 0 Å². The molecule has 2 aliphatic heterocycles. The van der Waals surface area contributed by atoms with E-state index < -0.39 is 0 Å². The number of hydrogen-bond donors (Lipinski definition) is 2. The highest BCUT2D eigenvalue weighted by Gasteiger charge is 2.32. The minimum absolute atomic E-state index is 0.257. The summed E-state index contributed by atoms with van der Waals surface area (Å²) in [7, 11) is 1.79. The predicted molar refractivity (Wildman–Crippen MR) is 108 cm³/mol. The number of guanidine groups is 1. The summed E-state index contributed by atoms with van der Waals surface area (Å²) in [6.07, 6.45) is 10.2. The number of aryl methyl sites for hydroxylation is 1. The Kier molecular flexibility index (Phi) is 6.12. The highest BCUT2D eigenvalue weighted by atomic mass is 16.2. The summed E-state index contributed by atoms with van der Waals surface area (Å²) in [6.45, 7) is 3.24. The van der Waals surface area contributed by atoms with Crippen LogP contribution in [0.5, 0.6) is 0 Å². The number of nitrogens with one attached hydrogen (secondary N) is 2. The van der Waals surface area contributed by atoms with Crippen LogP contribution in [0.1, 0.15) is 63.0 Å². The van der Waals surface area contributed by atoms with Crippen molar-refractivity contribution in [1.82, 2.24) is 30.3 Å². The zero-order valence-electron chi connectivity index (χ0n) is 17.0. The van der Waals surface area contributed by atoms with Crippen LogP contribution >= 0.6 is 0 Å². The van der Waals surface area contributed by atoms with Gasteiger partial charge in [0.2, 0.25) is 5.91 Å². The van der Waals surface area contributed by atoms with Gasteiger partial charge in [-0.15, -0.1) is 10.2 Å². The van der Waals surface area contributed by atoms with Crippen molar-refractivity contribution in [1.29, 1.82) is 0 Å². The van der Waals surface area contributed by atoms with E-state index in [1.54, 1.807) is 7.05 Å². The quantitative estimate of drug-likeness (QED) is 0.603. The zero-order chi connectivity index (χ0) is 19.3. The average molecular weight is 388 g/mol. The van der Waals surface area contributed by atoms with Crippen molar-refractivity contribution in [3.63, 3.8) is 0 Å². The number of nitrogens with zero attached hydrogens (tertiary/aromatic N) is 5. The molecule has 28 heavy (non-hydrogen) atoms. The number of aromatic nitrogens is 3. The fraction of sp³-hybridized carbons (Fsp3) is 0.800. The number of likely N-dealkylation sites (tertiary alicyclic amines) is 1. The second-order valence-corrected chi connectivity index (χ2v) is 8.32.